The SMILES string of the molecule is CSc1ncc2cc(N3CCN(C(=O)OC(C)(C)C)c4c(C)cccc43)c(=O)n(C3CCOCC3)c2n1. The fraction of sp³-hybridized carbons (Fsp3) is 0.481. The van der Waals surface area contributed by atoms with Crippen LogP contribution >= 0.6 is 11.8 Å². The van der Waals surface area contributed by atoms with Crippen LogP contribution in [-0.2, 0) is 9.47 Å². The highest BCUT2D eigenvalue weighted by molar-refractivity contribution is 7.98. The van der Waals surface area contributed by atoms with Crippen molar-refractivity contribution < 1.29 is 14.3 Å². The quantitative estimate of drug-likeness (QED) is 0.347. The molecule has 196 valence electrons. The first-order valence-corrected chi connectivity index (χ1v) is 13.8. The second kappa shape index (κ2) is 9.98. The van der Waals surface area contributed by atoms with E-state index in [0.29, 0.717) is 42.8 Å². The first-order chi connectivity index (χ1) is 17.7. The molecule has 2 aromatic heterocycles. The third-order valence-corrected chi connectivity index (χ3v) is 7.26. The van der Waals surface area contributed by atoms with Crippen molar-refractivity contribution in [2.24, 2.45) is 0 Å². The normalized spacial score (nSPS) is 16.7. The summed E-state index contributed by atoms with van der Waals surface area (Å²) in [5.41, 5.74) is 2.99. The Labute approximate surface area is 220 Å². The summed E-state index contributed by atoms with van der Waals surface area (Å²) in [5.74, 6) is 0. The molecule has 0 N–H and O–H groups in total. The number of amides is 1. The molecule has 5 rings (SSSR count). The molecular weight excluding hydrogens is 490 g/mol. The third kappa shape index (κ3) is 4.92. The average Bonchev–Trinajstić information content (AvgIpc) is 2.87. The van der Waals surface area contributed by atoms with E-state index < -0.39 is 5.60 Å². The molecule has 1 fully saturated rings. The number of carbonyl (C=O) groups is 1. The van der Waals surface area contributed by atoms with E-state index in [2.05, 4.69) is 4.98 Å². The first-order valence-electron chi connectivity index (χ1n) is 12.6. The Bertz CT molecular complexity index is 1390. The molecule has 9 nitrogen and oxygen atoms in total. The molecule has 37 heavy (non-hydrogen) atoms. The van der Waals surface area contributed by atoms with E-state index in [1.54, 1.807) is 11.1 Å². The highest BCUT2D eigenvalue weighted by Crippen LogP contribution is 2.40. The second-order valence-corrected chi connectivity index (χ2v) is 11.2. The number of ether oxygens (including phenoxy) is 2. The predicted octanol–water partition coefficient (Wildman–Crippen LogP) is 5.07. The van der Waals surface area contributed by atoms with Crippen LogP contribution in [0.15, 0.2) is 40.4 Å². The van der Waals surface area contributed by atoms with Crippen LogP contribution < -0.4 is 15.4 Å². The molecule has 0 saturated carbocycles. The van der Waals surface area contributed by atoms with Gasteiger partial charge in [0, 0.05) is 43.9 Å². The number of carbonyl (C=O) groups excluding carboxylic acids is 1. The van der Waals surface area contributed by atoms with Gasteiger partial charge in [0.05, 0.1) is 11.4 Å². The molecule has 0 bridgehead atoms. The van der Waals surface area contributed by atoms with E-state index in [1.165, 1.54) is 11.8 Å². The Kier molecular flexibility index (Phi) is 6.89. The van der Waals surface area contributed by atoms with Crippen molar-refractivity contribution in [1.29, 1.82) is 0 Å². The molecule has 1 aromatic carbocycles. The van der Waals surface area contributed by atoms with Crippen LogP contribution in [0.5, 0.6) is 0 Å². The minimum absolute atomic E-state index is 0.00617. The molecule has 2 aliphatic heterocycles. The number of anilines is 3. The van der Waals surface area contributed by atoms with Gasteiger partial charge in [-0.3, -0.25) is 14.3 Å². The first kappa shape index (κ1) is 25.5. The molecule has 2 aliphatic rings. The maximum Gasteiger partial charge on any atom is 0.414 e. The number of hydrogen-bond acceptors (Lipinski definition) is 8. The summed E-state index contributed by atoms with van der Waals surface area (Å²) in [6.07, 6.45) is 4.83. The van der Waals surface area contributed by atoms with Crippen LogP contribution in [-0.4, -0.2) is 58.8 Å². The number of aryl methyl sites for hydroxylation is 1. The molecule has 0 spiro atoms. The Morgan fingerprint density at radius 2 is 1.92 bits per heavy atom. The van der Waals surface area contributed by atoms with Crippen molar-refractivity contribution in [3.05, 3.63) is 46.4 Å². The van der Waals surface area contributed by atoms with Gasteiger partial charge in [-0.15, -0.1) is 0 Å². The monoisotopic (exact) mass is 523 g/mol. The molecule has 3 aromatic rings. The number of benzene rings is 1. The van der Waals surface area contributed by atoms with Gasteiger partial charge in [-0.1, -0.05) is 23.9 Å². The van der Waals surface area contributed by atoms with Crippen molar-refractivity contribution >= 4 is 46.0 Å². The van der Waals surface area contributed by atoms with E-state index in [9.17, 15) is 9.59 Å². The van der Waals surface area contributed by atoms with Gasteiger partial charge in [-0.25, -0.2) is 14.8 Å². The van der Waals surface area contributed by atoms with Gasteiger partial charge in [0.2, 0.25) is 0 Å². The Balaban J connectivity index is 1.66. The van der Waals surface area contributed by atoms with Crippen LogP contribution in [0.4, 0.5) is 21.9 Å². The summed E-state index contributed by atoms with van der Waals surface area (Å²) in [7, 11) is 0. The van der Waals surface area contributed by atoms with Gasteiger partial charge >= 0.3 is 6.09 Å². The predicted molar refractivity (Wildman–Crippen MR) is 146 cm³/mol. The van der Waals surface area contributed by atoms with Crippen LogP contribution in [0, 0.1) is 6.92 Å². The number of aromatic nitrogens is 3. The standard InChI is InChI=1S/C27H33N5O4S/c1-17-7-6-8-20-22(17)31(26(34)36-27(2,3)4)12-11-30(20)21-15-18-16-28-25(37-5)29-23(18)32(24(21)33)19-9-13-35-14-10-19/h6-8,15-16,19H,9-14H2,1-5H3. The maximum atomic E-state index is 14.2. The zero-order valence-corrected chi connectivity index (χ0v) is 22.8. The van der Waals surface area contributed by atoms with Crippen molar-refractivity contribution in [3.63, 3.8) is 0 Å². The van der Waals surface area contributed by atoms with Crippen LogP contribution in [0.2, 0.25) is 0 Å². The average molecular weight is 524 g/mol. The van der Waals surface area contributed by atoms with Crippen molar-refractivity contribution in [2.45, 2.75) is 57.3 Å². The lowest BCUT2D eigenvalue weighted by molar-refractivity contribution is 0.0580. The summed E-state index contributed by atoms with van der Waals surface area (Å²) < 4.78 is 13.1. The number of pyridine rings is 1. The topological polar surface area (TPSA) is 89.8 Å². The number of fused-ring (bicyclic) bond motifs is 2. The molecule has 1 amide bonds. The molecule has 1 saturated heterocycles. The number of hydrogen-bond donors (Lipinski definition) is 0. The summed E-state index contributed by atoms with van der Waals surface area (Å²) >= 11 is 1.45. The fourth-order valence-corrected chi connectivity index (χ4v) is 5.39. The van der Waals surface area contributed by atoms with Crippen molar-refractivity contribution in [1.82, 2.24) is 14.5 Å². The largest absolute Gasteiger partial charge is 0.443 e. The van der Waals surface area contributed by atoms with Gasteiger partial charge in [0.25, 0.3) is 5.56 Å². The van der Waals surface area contributed by atoms with E-state index >= 15 is 0 Å². The van der Waals surface area contributed by atoms with E-state index in [1.807, 2.05) is 67.7 Å². The lowest BCUT2D eigenvalue weighted by Crippen LogP contribution is -2.46. The minimum atomic E-state index is -0.609. The molecular formula is C27H33N5O4S. The fourth-order valence-electron chi connectivity index (χ4n) is 5.06. The lowest BCUT2D eigenvalue weighted by atomic mass is 10.1. The van der Waals surface area contributed by atoms with Crippen LogP contribution in [0.3, 0.4) is 0 Å². The van der Waals surface area contributed by atoms with Crippen LogP contribution in [0.1, 0.15) is 45.2 Å². The molecule has 0 unspecified atom stereocenters. The maximum absolute atomic E-state index is 14.2. The molecule has 4 heterocycles. The van der Waals surface area contributed by atoms with Gasteiger partial charge in [0.1, 0.15) is 16.9 Å². The van der Waals surface area contributed by atoms with E-state index in [-0.39, 0.29) is 17.7 Å². The Morgan fingerprint density at radius 3 is 2.62 bits per heavy atom. The summed E-state index contributed by atoms with van der Waals surface area (Å²) in [6.45, 7) is 9.62. The highest BCUT2D eigenvalue weighted by Gasteiger charge is 2.34. The number of thioether (sulfide) groups is 1. The molecule has 10 heteroatoms. The van der Waals surface area contributed by atoms with Gasteiger partial charge in [-0.05, 0) is 64.5 Å². The zero-order chi connectivity index (χ0) is 26.3. The highest BCUT2D eigenvalue weighted by atomic mass is 32.2. The Morgan fingerprint density at radius 1 is 1.16 bits per heavy atom. The number of para-hydroxylation sites is 1. The smallest absolute Gasteiger partial charge is 0.414 e. The molecule has 0 atom stereocenters. The van der Waals surface area contributed by atoms with E-state index in [0.717, 1.165) is 35.2 Å². The van der Waals surface area contributed by atoms with Gasteiger partial charge in [0.15, 0.2) is 5.16 Å². The van der Waals surface area contributed by atoms with Gasteiger partial charge < -0.3 is 14.4 Å². The van der Waals surface area contributed by atoms with Crippen molar-refractivity contribution in [3.8, 4) is 0 Å². The van der Waals surface area contributed by atoms with Gasteiger partial charge in [-0.2, -0.15) is 0 Å². The lowest BCUT2D eigenvalue weighted by Gasteiger charge is -2.39. The third-order valence-electron chi connectivity index (χ3n) is 6.70. The number of nitrogens with zero attached hydrogens (tertiary/aromatic N) is 5. The Hall–Kier alpha value is -3.11. The summed E-state index contributed by atoms with van der Waals surface area (Å²) in [5, 5.41) is 1.44. The minimum Gasteiger partial charge on any atom is -0.443 e. The molecule has 0 radical (unpaired) electrons. The zero-order valence-electron chi connectivity index (χ0n) is 22.0. The summed E-state index contributed by atoms with van der Waals surface area (Å²) in [6, 6.07) is 7.75. The van der Waals surface area contributed by atoms with Crippen LogP contribution in [0.25, 0.3) is 11.0 Å². The molecule has 0 aliphatic carbocycles. The number of rotatable bonds is 3. The second-order valence-electron chi connectivity index (χ2n) is 10.4. The van der Waals surface area contributed by atoms with E-state index in [4.69, 9.17) is 14.5 Å². The van der Waals surface area contributed by atoms with Crippen molar-refractivity contribution in [2.75, 3.05) is 42.4 Å². The summed E-state index contributed by atoms with van der Waals surface area (Å²) in [4.78, 5) is 40.2.